The molecule has 138 valence electrons. The number of carbonyl (C=O) groups is 1. The summed E-state index contributed by atoms with van der Waals surface area (Å²) in [5.74, 6) is 0.0522. The maximum absolute atomic E-state index is 12.8. The van der Waals surface area contributed by atoms with E-state index >= 15 is 0 Å². The van der Waals surface area contributed by atoms with Crippen LogP contribution in [0.1, 0.15) is 28.9 Å². The molecule has 2 aliphatic rings. The van der Waals surface area contributed by atoms with Crippen molar-refractivity contribution in [3.8, 4) is 10.6 Å². The van der Waals surface area contributed by atoms with E-state index < -0.39 is 0 Å². The molecule has 1 aromatic carbocycles. The highest BCUT2D eigenvalue weighted by molar-refractivity contribution is 7.13. The number of carbonyl (C=O) groups excluding carboxylic acids is 1. The van der Waals surface area contributed by atoms with Gasteiger partial charge in [0.1, 0.15) is 10.7 Å². The van der Waals surface area contributed by atoms with E-state index in [1.165, 1.54) is 29.7 Å². The minimum absolute atomic E-state index is 0.0522. The fourth-order valence-corrected chi connectivity index (χ4v) is 4.37. The van der Waals surface area contributed by atoms with Crippen molar-refractivity contribution in [3.63, 3.8) is 0 Å². The normalized spacial score (nSPS) is 21.3. The molecular formula is C20H25N3O2S. The quantitative estimate of drug-likeness (QED) is 0.829. The number of hydrogen-bond acceptors (Lipinski definition) is 5. The molecule has 6 heteroatoms. The van der Waals surface area contributed by atoms with Crippen molar-refractivity contribution < 1.29 is 9.53 Å². The largest absolute Gasteiger partial charge is 0.377 e. The lowest BCUT2D eigenvalue weighted by Crippen LogP contribution is -2.50. The third-order valence-electron chi connectivity index (χ3n) is 5.17. The molecule has 5 nitrogen and oxygen atoms in total. The Morgan fingerprint density at radius 1 is 1.23 bits per heavy atom. The first kappa shape index (κ1) is 17.6. The van der Waals surface area contributed by atoms with Gasteiger partial charge >= 0.3 is 0 Å². The number of amides is 1. The topological polar surface area (TPSA) is 45.7 Å². The van der Waals surface area contributed by atoms with Gasteiger partial charge < -0.3 is 9.64 Å². The molecule has 1 atom stereocenters. The Morgan fingerprint density at radius 2 is 2.00 bits per heavy atom. The average molecular weight is 372 g/mol. The lowest BCUT2D eigenvalue weighted by Gasteiger charge is -2.35. The SMILES string of the molecule is Cc1ccc(-c2nc(C(=O)N3CCN(CC4CCCO4)CC3)cs2)cc1. The number of rotatable bonds is 4. The smallest absolute Gasteiger partial charge is 0.273 e. The van der Waals surface area contributed by atoms with Crippen molar-refractivity contribution in [2.24, 2.45) is 0 Å². The summed E-state index contributed by atoms with van der Waals surface area (Å²) in [4.78, 5) is 21.7. The number of aromatic nitrogens is 1. The van der Waals surface area contributed by atoms with Crippen molar-refractivity contribution in [1.82, 2.24) is 14.8 Å². The standard InChI is InChI=1S/C20H25N3O2S/c1-15-4-6-16(7-5-15)19-21-18(14-26-19)20(24)23-10-8-22(9-11-23)13-17-3-2-12-25-17/h4-7,14,17H,2-3,8-13H2,1H3. The minimum Gasteiger partial charge on any atom is -0.377 e. The van der Waals surface area contributed by atoms with E-state index in [2.05, 4.69) is 41.1 Å². The molecular weight excluding hydrogens is 346 g/mol. The number of hydrogen-bond donors (Lipinski definition) is 0. The first-order valence-corrected chi connectivity index (χ1v) is 10.2. The second kappa shape index (κ2) is 7.86. The highest BCUT2D eigenvalue weighted by Gasteiger charge is 2.26. The van der Waals surface area contributed by atoms with Gasteiger partial charge in [-0.1, -0.05) is 29.8 Å². The van der Waals surface area contributed by atoms with E-state index in [1.54, 1.807) is 0 Å². The Kier molecular flexibility index (Phi) is 5.33. The molecule has 0 radical (unpaired) electrons. The van der Waals surface area contributed by atoms with Crippen molar-refractivity contribution in [1.29, 1.82) is 0 Å². The Hall–Kier alpha value is -1.76. The van der Waals surface area contributed by atoms with E-state index in [1.807, 2.05) is 10.3 Å². The van der Waals surface area contributed by atoms with Crippen LogP contribution in [0.2, 0.25) is 0 Å². The maximum Gasteiger partial charge on any atom is 0.273 e. The van der Waals surface area contributed by atoms with Crippen LogP contribution in [0, 0.1) is 6.92 Å². The van der Waals surface area contributed by atoms with E-state index in [9.17, 15) is 4.79 Å². The molecule has 2 aromatic rings. The molecule has 0 aliphatic carbocycles. The Labute approximate surface area is 158 Å². The van der Waals surface area contributed by atoms with Gasteiger partial charge in [-0.05, 0) is 19.8 Å². The van der Waals surface area contributed by atoms with Crippen molar-refractivity contribution in [3.05, 3.63) is 40.9 Å². The van der Waals surface area contributed by atoms with Crippen LogP contribution in [0.15, 0.2) is 29.6 Å². The molecule has 1 unspecified atom stereocenters. The highest BCUT2D eigenvalue weighted by Crippen LogP contribution is 2.25. The fourth-order valence-electron chi connectivity index (χ4n) is 3.57. The van der Waals surface area contributed by atoms with Crippen molar-refractivity contribution >= 4 is 17.2 Å². The molecule has 1 amide bonds. The Balaban J connectivity index is 1.34. The summed E-state index contributed by atoms with van der Waals surface area (Å²) < 4.78 is 5.72. The first-order valence-electron chi connectivity index (χ1n) is 9.35. The van der Waals surface area contributed by atoms with Crippen LogP contribution in [0.5, 0.6) is 0 Å². The number of thiazole rings is 1. The van der Waals surface area contributed by atoms with Crippen LogP contribution in [-0.2, 0) is 4.74 Å². The van der Waals surface area contributed by atoms with Gasteiger partial charge in [-0.15, -0.1) is 11.3 Å². The average Bonchev–Trinajstić information content (AvgIpc) is 3.34. The monoisotopic (exact) mass is 371 g/mol. The fraction of sp³-hybridized carbons (Fsp3) is 0.500. The molecule has 0 spiro atoms. The number of aryl methyl sites for hydroxylation is 1. The van der Waals surface area contributed by atoms with Crippen LogP contribution < -0.4 is 0 Å². The summed E-state index contributed by atoms with van der Waals surface area (Å²) in [5, 5.41) is 2.79. The molecule has 1 aromatic heterocycles. The van der Waals surface area contributed by atoms with E-state index in [-0.39, 0.29) is 5.91 Å². The molecule has 0 N–H and O–H groups in total. The second-order valence-corrected chi connectivity index (χ2v) is 7.99. The van der Waals surface area contributed by atoms with Gasteiger partial charge in [0.05, 0.1) is 6.10 Å². The molecule has 2 aliphatic heterocycles. The van der Waals surface area contributed by atoms with Crippen LogP contribution in [0.4, 0.5) is 0 Å². The van der Waals surface area contributed by atoms with Gasteiger partial charge in [-0.3, -0.25) is 9.69 Å². The summed E-state index contributed by atoms with van der Waals surface area (Å²) in [5.41, 5.74) is 2.86. The molecule has 2 fully saturated rings. The zero-order chi connectivity index (χ0) is 17.9. The van der Waals surface area contributed by atoms with Crippen molar-refractivity contribution in [2.75, 3.05) is 39.3 Å². The maximum atomic E-state index is 12.8. The third-order valence-corrected chi connectivity index (χ3v) is 6.06. The third kappa shape index (κ3) is 3.98. The lowest BCUT2D eigenvalue weighted by atomic mass is 10.2. The van der Waals surface area contributed by atoms with Gasteiger partial charge in [-0.2, -0.15) is 0 Å². The van der Waals surface area contributed by atoms with E-state index in [0.717, 1.165) is 49.9 Å². The van der Waals surface area contributed by atoms with E-state index in [4.69, 9.17) is 4.74 Å². The molecule has 0 bridgehead atoms. The van der Waals surface area contributed by atoms with Gasteiger partial charge in [0, 0.05) is 50.3 Å². The molecule has 0 saturated carbocycles. The summed E-state index contributed by atoms with van der Waals surface area (Å²) >= 11 is 1.54. The number of nitrogens with zero attached hydrogens (tertiary/aromatic N) is 3. The zero-order valence-electron chi connectivity index (χ0n) is 15.2. The highest BCUT2D eigenvalue weighted by atomic mass is 32.1. The van der Waals surface area contributed by atoms with Gasteiger partial charge in [0.15, 0.2) is 0 Å². The van der Waals surface area contributed by atoms with Gasteiger partial charge in [0.25, 0.3) is 5.91 Å². The Bertz CT molecular complexity index is 745. The van der Waals surface area contributed by atoms with Crippen molar-refractivity contribution in [2.45, 2.75) is 25.9 Å². The Morgan fingerprint density at radius 3 is 2.69 bits per heavy atom. The molecule has 3 heterocycles. The van der Waals surface area contributed by atoms with Crippen LogP contribution in [0.3, 0.4) is 0 Å². The van der Waals surface area contributed by atoms with Crippen LogP contribution in [0.25, 0.3) is 10.6 Å². The zero-order valence-corrected chi connectivity index (χ0v) is 16.0. The minimum atomic E-state index is 0.0522. The number of ether oxygens (including phenoxy) is 1. The van der Waals surface area contributed by atoms with Crippen LogP contribution in [-0.4, -0.2) is 66.1 Å². The first-order chi connectivity index (χ1) is 12.7. The second-order valence-electron chi connectivity index (χ2n) is 7.13. The summed E-state index contributed by atoms with van der Waals surface area (Å²) in [6.07, 6.45) is 2.73. The van der Waals surface area contributed by atoms with Gasteiger partial charge in [-0.25, -0.2) is 4.98 Å². The molecule has 2 saturated heterocycles. The molecule has 4 rings (SSSR count). The molecule has 26 heavy (non-hydrogen) atoms. The summed E-state index contributed by atoms with van der Waals surface area (Å²) in [6, 6.07) is 8.27. The number of piperazine rings is 1. The summed E-state index contributed by atoms with van der Waals surface area (Å²) in [7, 11) is 0. The predicted octanol–water partition coefficient (Wildman–Crippen LogP) is 3.06. The predicted molar refractivity (Wildman–Crippen MR) is 104 cm³/mol. The summed E-state index contributed by atoms with van der Waals surface area (Å²) in [6.45, 7) is 7.33. The van der Waals surface area contributed by atoms with Crippen LogP contribution >= 0.6 is 11.3 Å². The van der Waals surface area contributed by atoms with E-state index in [0.29, 0.717) is 11.8 Å². The van der Waals surface area contributed by atoms with Gasteiger partial charge in [0.2, 0.25) is 0 Å². The lowest BCUT2D eigenvalue weighted by molar-refractivity contribution is 0.0430. The number of benzene rings is 1.